The second kappa shape index (κ2) is 7.52. The van der Waals surface area contributed by atoms with Crippen LogP contribution in [-0.2, 0) is 9.59 Å². The van der Waals surface area contributed by atoms with Crippen molar-refractivity contribution in [3.63, 3.8) is 0 Å². The SMILES string of the molecule is C[C@H](CCC(=O)NCCN(C)C)C(=O)C(C)(C)C. The number of nitrogens with one attached hydrogen (secondary N) is 1. The Morgan fingerprint density at radius 1 is 1.22 bits per heavy atom. The van der Waals surface area contributed by atoms with Gasteiger partial charge in [-0.3, -0.25) is 9.59 Å². The molecule has 4 nitrogen and oxygen atoms in total. The van der Waals surface area contributed by atoms with Gasteiger partial charge < -0.3 is 10.2 Å². The third-order valence-electron chi connectivity index (χ3n) is 2.87. The minimum Gasteiger partial charge on any atom is -0.355 e. The molecule has 0 radical (unpaired) electrons. The molecule has 0 heterocycles. The summed E-state index contributed by atoms with van der Waals surface area (Å²) >= 11 is 0. The predicted octanol–water partition coefficient (Wildman–Crippen LogP) is 1.70. The van der Waals surface area contributed by atoms with Crippen molar-refractivity contribution in [2.75, 3.05) is 27.2 Å². The van der Waals surface area contributed by atoms with E-state index in [0.717, 1.165) is 6.54 Å². The summed E-state index contributed by atoms with van der Waals surface area (Å²) in [6.45, 7) is 9.16. The number of ketones is 1. The summed E-state index contributed by atoms with van der Waals surface area (Å²) in [5.41, 5.74) is -0.319. The Bertz CT molecular complexity index is 280. The van der Waals surface area contributed by atoms with Crippen LogP contribution in [0.2, 0.25) is 0 Å². The van der Waals surface area contributed by atoms with Gasteiger partial charge in [0.25, 0.3) is 0 Å². The number of carbonyl (C=O) groups is 2. The van der Waals surface area contributed by atoms with Gasteiger partial charge in [0.05, 0.1) is 0 Å². The third kappa shape index (κ3) is 7.43. The van der Waals surface area contributed by atoms with Crippen LogP contribution in [0.1, 0.15) is 40.5 Å². The lowest BCUT2D eigenvalue weighted by molar-refractivity contribution is -0.130. The first-order valence-corrected chi connectivity index (χ1v) is 6.60. The molecule has 0 aliphatic carbocycles. The highest BCUT2D eigenvalue weighted by molar-refractivity contribution is 5.86. The average molecular weight is 256 g/mol. The molecular weight excluding hydrogens is 228 g/mol. The highest BCUT2D eigenvalue weighted by atomic mass is 16.1. The highest BCUT2D eigenvalue weighted by Gasteiger charge is 2.26. The summed E-state index contributed by atoms with van der Waals surface area (Å²) in [6.07, 6.45) is 1.06. The summed E-state index contributed by atoms with van der Waals surface area (Å²) in [5.74, 6) is 0.207. The molecule has 1 amide bonds. The van der Waals surface area contributed by atoms with Crippen LogP contribution in [0.25, 0.3) is 0 Å². The number of hydrogen-bond acceptors (Lipinski definition) is 3. The average Bonchev–Trinajstić information content (AvgIpc) is 2.23. The number of carbonyl (C=O) groups excluding carboxylic acids is 2. The van der Waals surface area contributed by atoms with E-state index in [0.29, 0.717) is 19.4 Å². The lowest BCUT2D eigenvalue weighted by atomic mass is 9.82. The molecule has 0 aromatic heterocycles. The van der Waals surface area contributed by atoms with E-state index in [1.165, 1.54) is 0 Å². The maximum atomic E-state index is 11.9. The summed E-state index contributed by atoms with van der Waals surface area (Å²) in [7, 11) is 3.94. The van der Waals surface area contributed by atoms with Gasteiger partial charge in [-0.15, -0.1) is 0 Å². The van der Waals surface area contributed by atoms with Gasteiger partial charge in [-0.25, -0.2) is 0 Å². The van der Waals surface area contributed by atoms with E-state index in [2.05, 4.69) is 5.32 Å². The Morgan fingerprint density at radius 3 is 2.22 bits per heavy atom. The fourth-order valence-corrected chi connectivity index (χ4v) is 1.73. The van der Waals surface area contributed by atoms with Crippen molar-refractivity contribution in [2.45, 2.75) is 40.5 Å². The molecule has 0 aliphatic heterocycles. The molecule has 0 spiro atoms. The van der Waals surface area contributed by atoms with E-state index in [1.54, 1.807) is 0 Å². The first kappa shape index (κ1) is 17.1. The van der Waals surface area contributed by atoms with E-state index in [-0.39, 0.29) is 23.0 Å². The van der Waals surface area contributed by atoms with Gasteiger partial charge in [0.1, 0.15) is 5.78 Å². The quantitative estimate of drug-likeness (QED) is 0.754. The Kier molecular flexibility index (Phi) is 7.14. The number of hydrogen-bond donors (Lipinski definition) is 1. The number of amides is 1. The number of rotatable bonds is 7. The third-order valence-corrected chi connectivity index (χ3v) is 2.87. The maximum absolute atomic E-state index is 11.9. The lowest BCUT2D eigenvalue weighted by Gasteiger charge is -2.21. The van der Waals surface area contributed by atoms with Crippen LogP contribution in [0.4, 0.5) is 0 Å². The van der Waals surface area contributed by atoms with Gasteiger partial charge in [0, 0.05) is 30.8 Å². The van der Waals surface area contributed by atoms with Crippen molar-refractivity contribution in [2.24, 2.45) is 11.3 Å². The Morgan fingerprint density at radius 2 is 1.78 bits per heavy atom. The summed E-state index contributed by atoms with van der Waals surface area (Å²) in [5, 5.41) is 2.86. The van der Waals surface area contributed by atoms with E-state index in [9.17, 15) is 9.59 Å². The first-order valence-electron chi connectivity index (χ1n) is 6.60. The molecule has 0 bridgehead atoms. The second-order valence-corrected chi connectivity index (χ2v) is 6.21. The van der Waals surface area contributed by atoms with E-state index in [4.69, 9.17) is 0 Å². The molecule has 18 heavy (non-hydrogen) atoms. The van der Waals surface area contributed by atoms with Gasteiger partial charge in [0.2, 0.25) is 5.91 Å². The Hall–Kier alpha value is -0.900. The van der Waals surface area contributed by atoms with E-state index >= 15 is 0 Å². The molecule has 0 saturated carbocycles. The number of Topliss-reactive ketones (excluding diaryl/α,β-unsaturated/α-hetero) is 1. The smallest absolute Gasteiger partial charge is 0.220 e. The molecule has 0 aromatic rings. The van der Waals surface area contributed by atoms with Crippen molar-refractivity contribution in [1.29, 1.82) is 0 Å². The zero-order valence-corrected chi connectivity index (χ0v) is 12.7. The molecule has 4 heteroatoms. The summed E-state index contributed by atoms with van der Waals surface area (Å²) in [6, 6.07) is 0. The molecular formula is C14H28N2O2. The molecule has 0 unspecified atom stereocenters. The zero-order chi connectivity index (χ0) is 14.3. The molecule has 0 rings (SSSR count). The fourth-order valence-electron chi connectivity index (χ4n) is 1.73. The lowest BCUT2D eigenvalue weighted by Crippen LogP contribution is -2.32. The number of nitrogens with zero attached hydrogens (tertiary/aromatic N) is 1. The van der Waals surface area contributed by atoms with E-state index in [1.807, 2.05) is 46.7 Å². The van der Waals surface area contributed by atoms with Crippen molar-refractivity contribution in [1.82, 2.24) is 10.2 Å². The summed E-state index contributed by atoms with van der Waals surface area (Å²) < 4.78 is 0. The monoisotopic (exact) mass is 256 g/mol. The topological polar surface area (TPSA) is 49.4 Å². The van der Waals surface area contributed by atoms with Gasteiger partial charge in [-0.2, -0.15) is 0 Å². The fraction of sp³-hybridized carbons (Fsp3) is 0.857. The van der Waals surface area contributed by atoms with Gasteiger partial charge in [-0.05, 0) is 20.5 Å². The number of likely N-dealkylation sites (N-methyl/N-ethyl adjacent to an activating group) is 1. The van der Waals surface area contributed by atoms with Crippen LogP contribution in [0.5, 0.6) is 0 Å². The van der Waals surface area contributed by atoms with Gasteiger partial charge in [-0.1, -0.05) is 27.7 Å². The molecule has 1 atom stereocenters. The van der Waals surface area contributed by atoms with Crippen LogP contribution in [0, 0.1) is 11.3 Å². The van der Waals surface area contributed by atoms with Crippen LogP contribution < -0.4 is 5.32 Å². The van der Waals surface area contributed by atoms with Crippen LogP contribution in [0.15, 0.2) is 0 Å². The molecule has 1 N–H and O–H groups in total. The van der Waals surface area contributed by atoms with Gasteiger partial charge in [0.15, 0.2) is 0 Å². The van der Waals surface area contributed by atoms with Crippen LogP contribution in [0.3, 0.4) is 0 Å². The van der Waals surface area contributed by atoms with Crippen molar-refractivity contribution in [3.8, 4) is 0 Å². The standard InChI is InChI=1S/C14H28N2O2/c1-11(13(18)14(2,3)4)7-8-12(17)15-9-10-16(5)6/h11H,7-10H2,1-6H3,(H,15,17)/t11-/m1/s1. The highest BCUT2D eigenvalue weighted by Crippen LogP contribution is 2.22. The van der Waals surface area contributed by atoms with E-state index < -0.39 is 0 Å². The minimum absolute atomic E-state index is 0.0328. The van der Waals surface area contributed by atoms with Crippen molar-refractivity contribution >= 4 is 11.7 Å². The molecule has 0 saturated heterocycles. The van der Waals surface area contributed by atoms with Gasteiger partial charge >= 0.3 is 0 Å². The Labute approximate surface area is 111 Å². The predicted molar refractivity (Wildman–Crippen MR) is 74.4 cm³/mol. The molecule has 106 valence electrons. The second-order valence-electron chi connectivity index (χ2n) is 6.21. The molecule has 0 fully saturated rings. The van der Waals surface area contributed by atoms with Crippen molar-refractivity contribution in [3.05, 3.63) is 0 Å². The zero-order valence-electron chi connectivity index (χ0n) is 12.7. The summed E-state index contributed by atoms with van der Waals surface area (Å²) in [4.78, 5) is 25.5. The maximum Gasteiger partial charge on any atom is 0.220 e. The minimum atomic E-state index is -0.319. The molecule has 0 aliphatic rings. The molecule has 0 aromatic carbocycles. The largest absolute Gasteiger partial charge is 0.355 e. The normalized spacial score (nSPS) is 13.5. The van der Waals surface area contributed by atoms with Crippen LogP contribution in [-0.4, -0.2) is 43.8 Å². The Balaban J connectivity index is 3.89. The van der Waals surface area contributed by atoms with Crippen molar-refractivity contribution < 1.29 is 9.59 Å². The first-order chi connectivity index (χ1) is 8.14. The van der Waals surface area contributed by atoms with Crippen LogP contribution >= 0.6 is 0 Å².